The summed E-state index contributed by atoms with van der Waals surface area (Å²) in [4.78, 5) is 47.0. The summed E-state index contributed by atoms with van der Waals surface area (Å²) < 4.78 is 0. The zero-order chi connectivity index (χ0) is 22.1. The number of primary amides is 1. The number of carbonyl (C=O) groups excluding carboxylic acids is 3. The second-order valence-corrected chi connectivity index (χ2v) is 6.61. The van der Waals surface area contributed by atoms with Crippen LogP contribution in [0.4, 0.5) is 0 Å². The molecule has 0 saturated carbocycles. The molecule has 1 aromatic rings. The first-order valence-corrected chi connectivity index (χ1v) is 8.84. The van der Waals surface area contributed by atoms with Gasteiger partial charge in [0.25, 0.3) is 0 Å². The summed E-state index contributed by atoms with van der Waals surface area (Å²) in [7, 11) is 0. The lowest BCUT2D eigenvalue weighted by Gasteiger charge is -2.24. The zero-order valence-electron chi connectivity index (χ0n) is 15.9. The van der Waals surface area contributed by atoms with Crippen LogP contribution in [0.25, 0.3) is 0 Å². The maximum absolute atomic E-state index is 12.6. The molecule has 4 atom stereocenters. The van der Waals surface area contributed by atoms with Crippen molar-refractivity contribution in [1.29, 1.82) is 0 Å². The molecule has 3 amide bonds. The number of aliphatic carboxylic acids is 1. The van der Waals surface area contributed by atoms with Gasteiger partial charge in [0.2, 0.25) is 17.7 Å². The van der Waals surface area contributed by atoms with Gasteiger partial charge in [-0.3, -0.25) is 14.4 Å². The molecule has 1 aromatic carbocycles. The smallest absolute Gasteiger partial charge is 0.328 e. The van der Waals surface area contributed by atoms with Crippen LogP contribution in [0, 0.1) is 0 Å². The fourth-order valence-corrected chi connectivity index (χ4v) is 2.43. The van der Waals surface area contributed by atoms with Crippen LogP contribution in [-0.2, 0) is 25.6 Å². The van der Waals surface area contributed by atoms with Gasteiger partial charge in [0.15, 0.2) is 6.04 Å². The Labute approximate surface area is 167 Å². The molecule has 0 fully saturated rings. The summed E-state index contributed by atoms with van der Waals surface area (Å²) in [5.41, 5.74) is 11.3. The van der Waals surface area contributed by atoms with E-state index in [-0.39, 0.29) is 25.0 Å². The number of carbonyl (C=O) groups is 4. The number of carboxylic acid groups (broad SMARTS) is 1. The maximum Gasteiger partial charge on any atom is 0.328 e. The van der Waals surface area contributed by atoms with E-state index < -0.39 is 47.9 Å². The topological polar surface area (TPSA) is 205 Å². The van der Waals surface area contributed by atoms with Crippen molar-refractivity contribution < 1.29 is 34.5 Å². The summed E-state index contributed by atoms with van der Waals surface area (Å²) in [5, 5.41) is 32.6. The van der Waals surface area contributed by atoms with Gasteiger partial charge in [0.1, 0.15) is 11.8 Å². The number of nitrogens with two attached hydrogens (primary N) is 2. The Morgan fingerprint density at radius 1 is 1.07 bits per heavy atom. The molecule has 11 heteroatoms. The van der Waals surface area contributed by atoms with Crippen LogP contribution in [-0.4, -0.2) is 63.2 Å². The minimum Gasteiger partial charge on any atom is -0.508 e. The number of phenols is 1. The lowest BCUT2D eigenvalue weighted by molar-refractivity contribution is -0.145. The van der Waals surface area contributed by atoms with E-state index in [0.717, 1.165) is 0 Å². The molecule has 0 aliphatic rings. The number of hydrogen-bond donors (Lipinski definition) is 7. The quantitative estimate of drug-likeness (QED) is 0.216. The summed E-state index contributed by atoms with van der Waals surface area (Å²) in [6, 6.07) is 1.93. The first-order chi connectivity index (χ1) is 13.5. The van der Waals surface area contributed by atoms with E-state index in [2.05, 4.69) is 10.6 Å². The van der Waals surface area contributed by atoms with Crippen LogP contribution in [0.5, 0.6) is 5.75 Å². The number of phenolic OH excluding ortho intramolecular Hbond substituents is 1. The minimum atomic E-state index is -1.58. The molecule has 0 saturated heterocycles. The second kappa shape index (κ2) is 11.0. The Kier molecular flexibility index (Phi) is 9.03. The number of aliphatic hydroxyl groups excluding tert-OH is 1. The lowest BCUT2D eigenvalue weighted by Crippen LogP contribution is -2.57. The number of carboxylic acids is 1. The number of aromatic hydroxyl groups is 1. The van der Waals surface area contributed by atoms with Gasteiger partial charge in [-0.1, -0.05) is 12.1 Å². The molecule has 29 heavy (non-hydrogen) atoms. The van der Waals surface area contributed by atoms with E-state index in [0.29, 0.717) is 5.56 Å². The zero-order valence-corrected chi connectivity index (χ0v) is 15.9. The summed E-state index contributed by atoms with van der Waals surface area (Å²) in [5.74, 6) is -3.64. The van der Waals surface area contributed by atoms with Gasteiger partial charge in [-0.05, 0) is 31.0 Å². The standard InChI is InChI=1S/C18H26N4O7/c1-9(23)15(18(28)29)22-17(27)13(8-10-2-4-11(24)5-3-10)21-16(26)12(19)6-7-14(20)25/h2-5,9,12-13,15,23-24H,6-8,19H2,1H3,(H2,20,25)(H,21,26)(H,22,27)(H,28,29). The van der Waals surface area contributed by atoms with Crippen molar-refractivity contribution in [1.82, 2.24) is 10.6 Å². The van der Waals surface area contributed by atoms with Crippen LogP contribution in [0.1, 0.15) is 25.3 Å². The Morgan fingerprint density at radius 2 is 1.66 bits per heavy atom. The molecule has 0 heterocycles. The molecule has 0 radical (unpaired) electrons. The van der Waals surface area contributed by atoms with E-state index in [4.69, 9.17) is 16.6 Å². The third-order valence-electron chi connectivity index (χ3n) is 4.09. The number of hydrogen-bond acceptors (Lipinski definition) is 7. The average molecular weight is 410 g/mol. The average Bonchev–Trinajstić information content (AvgIpc) is 2.64. The number of nitrogens with one attached hydrogen (secondary N) is 2. The second-order valence-electron chi connectivity index (χ2n) is 6.61. The summed E-state index contributed by atoms with van der Waals surface area (Å²) in [6.45, 7) is 1.20. The first kappa shape index (κ1) is 23.9. The van der Waals surface area contributed by atoms with Crippen molar-refractivity contribution >= 4 is 23.7 Å². The highest BCUT2D eigenvalue weighted by Crippen LogP contribution is 2.12. The highest BCUT2D eigenvalue weighted by atomic mass is 16.4. The molecule has 0 aliphatic heterocycles. The maximum atomic E-state index is 12.6. The molecule has 0 aliphatic carbocycles. The van der Waals surface area contributed by atoms with Crippen molar-refractivity contribution in [3.63, 3.8) is 0 Å². The van der Waals surface area contributed by atoms with Gasteiger partial charge in [0.05, 0.1) is 12.1 Å². The van der Waals surface area contributed by atoms with E-state index in [1.54, 1.807) is 0 Å². The molecule has 9 N–H and O–H groups in total. The van der Waals surface area contributed by atoms with Gasteiger partial charge in [-0.15, -0.1) is 0 Å². The largest absolute Gasteiger partial charge is 0.508 e. The Balaban J connectivity index is 2.96. The van der Waals surface area contributed by atoms with Gasteiger partial charge in [0, 0.05) is 12.8 Å². The Bertz CT molecular complexity index is 736. The molecule has 4 unspecified atom stereocenters. The molecule has 160 valence electrons. The van der Waals surface area contributed by atoms with Crippen molar-refractivity contribution in [2.75, 3.05) is 0 Å². The Hall–Kier alpha value is -3.18. The minimum absolute atomic E-state index is 0.00677. The highest BCUT2D eigenvalue weighted by molar-refractivity contribution is 5.92. The predicted octanol–water partition coefficient (Wildman–Crippen LogP) is -2.04. The third-order valence-corrected chi connectivity index (χ3v) is 4.09. The van der Waals surface area contributed by atoms with Gasteiger partial charge < -0.3 is 37.4 Å². The van der Waals surface area contributed by atoms with E-state index in [9.17, 15) is 29.4 Å². The van der Waals surface area contributed by atoms with E-state index in [1.165, 1.54) is 31.2 Å². The highest BCUT2D eigenvalue weighted by Gasteiger charge is 2.30. The van der Waals surface area contributed by atoms with Crippen molar-refractivity contribution in [3.8, 4) is 5.75 Å². The fourth-order valence-electron chi connectivity index (χ4n) is 2.43. The molecular weight excluding hydrogens is 384 g/mol. The summed E-state index contributed by atoms with van der Waals surface area (Å²) >= 11 is 0. The molecule has 0 spiro atoms. The molecule has 0 aromatic heterocycles. The predicted molar refractivity (Wildman–Crippen MR) is 101 cm³/mol. The summed E-state index contributed by atoms with van der Waals surface area (Å²) in [6.07, 6.45) is -1.56. The number of amides is 3. The van der Waals surface area contributed by atoms with Crippen molar-refractivity contribution in [2.24, 2.45) is 11.5 Å². The molecule has 11 nitrogen and oxygen atoms in total. The van der Waals surface area contributed by atoms with Crippen LogP contribution < -0.4 is 22.1 Å². The number of benzene rings is 1. The van der Waals surface area contributed by atoms with Gasteiger partial charge >= 0.3 is 5.97 Å². The van der Waals surface area contributed by atoms with Crippen molar-refractivity contribution in [3.05, 3.63) is 29.8 Å². The molecule has 1 rings (SSSR count). The van der Waals surface area contributed by atoms with Crippen LogP contribution in [0.2, 0.25) is 0 Å². The number of aliphatic hydroxyl groups is 1. The van der Waals surface area contributed by atoms with Crippen LogP contribution in [0.3, 0.4) is 0 Å². The van der Waals surface area contributed by atoms with Crippen LogP contribution in [0.15, 0.2) is 24.3 Å². The van der Waals surface area contributed by atoms with Gasteiger partial charge in [-0.2, -0.15) is 0 Å². The van der Waals surface area contributed by atoms with E-state index in [1.807, 2.05) is 0 Å². The fraction of sp³-hybridized carbons (Fsp3) is 0.444. The van der Waals surface area contributed by atoms with Crippen LogP contribution >= 0.6 is 0 Å². The van der Waals surface area contributed by atoms with E-state index >= 15 is 0 Å². The lowest BCUT2D eigenvalue weighted by atomic mass is 10.0. The first-order valence-electron chi connectivity index (χ1n) is 8.84. The SMILES string of the molecule is CC(O)C(NC(=O)C(Cc1ccc(O)cc1)NC(=O)C(N)CCC(N)=O)C(=O)O. The van der Waals surface area contributed by atoms with Crippen molar-refractivity contribution in [2.45, 2.75) is 50.4 Å². The number of rotatable bonds is 11. The Morgan fingerprint density at radius 3 is 2.14 bits per heavy atom. The molecular formula is C18H26N4O7. The normalized spacial score (nSPS) is 14.9. The third kappa shape index (κ3) is 8.15. The molecule has 0 bridgehead atoms. The monoisotopic (exact) mass is 410 g/mol. The van der Waals surface area contributed by atoms with Gasteiger partial charge in [-0.25, -0.2) is 4.79 Å².